The Hall–Kier alpha value is -1.67. The lowest BCUT2D eigenvalue weighted by molar-refractivity contribution is -0.0907. The second kappa shape index (κ2) is 8.62. The molecule has 1 aliphatic heterocycles. The van der Waals surface area contributed by atoms with Crippen LogP contribution in [0, 0.1) is 0 Å². The molecule has 0 bridgehead atoms. The number of rotatable bonds is 8. The van der Waals surface area contributed by atoms with Gasteiger partial charge in [-0.1, -0.05) is 12.1 Å². The molecule has 140 valence electrons. The van der Waals surface area contributed by atoms with Gasteiger partial charge in [0.2, 0.25) is 0 Å². The molecule has 2 aliphatic rings. The second-order valence-electron chi connectivity index (χ2n) is 7.03. The van der Waals surface area contributed by atoms with E-state index in [1.54, 1.807) is 0 Å². The number of nitrogens with zero attached hydrogens (tertiary/aromatic N) is 3. The van der Waals surface area contributed by atoms with Gasteiger partial charge in [0.15, 0.2) is 0 Å². The number of amides is 2. The Balaban J connectivity index is 1.43. The van der Waals surface area contributed by atoms with Gasteiger partial charge in [-0.3, -0.25) is 4.68 Å². The van der Waals surface area contributed by atoms with Crippen LogP contribution in [0.4, 0.5) is 4.79 Å². The van der Waals surface area contributed by atoms with E-state index in [4.69, 9.17) is 4.74 Å². The molecular formula is C17H29N5O3. The van der Waals surface area contributed by atoms with Crippen molar-refractivity contribution >= 4 is 6.03 Å². The van der Waals surface area contributed by atoms with Crippen LogP contribution in [-0.2, 0) is 11.3 Å². The number of urea groups is 1. The van der Waals surface area contributed by atoms with E-state index in [9.17, 15) is 9.90 Å². The summed E-state index contributed by atoms with van der Waals surface area (Å²) in [6.45, 7) is 3.32. The van der Waals surface area contributed by atoms with Gasteiger partial charge in [-0.2, -0.15) is 0 Å². The van der Waals surface area contributed by atoms with Crippen LogP contribution >= 0.6 is 0 Å². The average molecular weight is 351 g/mol. The third kappa shape index (κ3) is 5.15. The number of ether oxygens (including phenoxy) is 1. The van der Waals surface area contributed by atoms with Crippen molar-refractivity contribution in [2.45, 2.75) is 76.2 Å². The molecule has 0 spiro atoms. The minimum atomic E-state index is -0.358. The largest absolute Gasteiger partial charge is 0.394 e. The lowest BCUT2D eigenvalue weighted by Crippen LogP contribution is -2.53. The monoisotopic (exact) mass is 351 g/mol. The van der Waals surface area contributed by atoms with E-state index in [0.29, 0.717) is 12.5 Å². The van der Waals surface area contributed by atoms with Crippen LogP contribution in [0.5, 0.6) is 0 Å². The molecule has 1 aliphatic carbocycles. The molecular weight excluding hydrogens is 322 g/mol. The average Bonchev–Trinajstić information content (AvgIpc) is 3.37. The van der Waals surface area contributed by atoms with E-state index < -0.39 is 0 Å². The predicted molar refractivity (Wildman–Crippen MR) is 92.2 cm³/mol. The van der Waals surface area contributed by atoms with E-state index in [-0.39, 0.29) is 30.9 Å². The predicted octanol–water partition coefficient (Wildman–Crippen LogP) is 1.16. The fraction of sp³-hybridized carbons (Fsp3) is 0.824. The van der Waals surface area contributed by atoms with Crippen molar-refractivity contribution in [1.82, 2.24) is 25.6 Å². The van der Waals surface area contributed by atoms with E-state index in [0.717, 1.165) is 37.9 Å². The fourth-order valence-electron chi connectivity index (χ4n) is 3.23. The Bertz CT molecular complexity index is 560. The Morgan fingerprint density at radius 3 is 2.96 bits per heavy atom. The van der Waals surface area contributed by atoms with Crippen LogP contribution in [0.25, 0.3) is 0 Å². The summed E-state index contributed by atoms with van der Waals surface area (Å²) < 4.78 is 7.87. The summed E-state index contributed by atoms with van der Waals surface area (Å²) in [5.74, 6) is 0.615. The van der Waals surface area contributed by atoms with Crippen LogP contribution in [0.1, 0.15) is 57.1 Å². The SMILES string of the molecule is CCCNC(=O)N[C@H]1CC[C@@H](CCn2cc(C3CC3)nn2)O[C@@H]1CO. The van der Waals surface area contributed by atoms with Gasteiger partial charge in [0.05, 0.1) is 24.4 Å². The smallest absolute Gasteiger partial charge is 0.315 e. The Morgan fingerprint density at radius 1 is 1.40 bits per heavy atom. The minimum absolute atomic E-state index is 0.0717. The molecule has 25 heavy (non-hydrogen) atoms. The number of nitrogens with one attached hydrogen (secondary N) is 2. The summed E-state index contributed by atoms with van der Waals surface area (Å²) in [5.41, 5.74) is 1.10. The molecule has 0 aromatic carbocycles. The van der Waals surface area contributed by atoms with Gasteiger partial charge in [0.1, 0.15) is 6.10 Å². The summed E-state index contributed by atoms with van der Waals surface area (Å²) in [4.78, 5) is 11.8. The molecule has 1 aromatic rings. The van der Waals surface area contributed by atoms with Crippen molar-refractivity contribution in [3.05, 3.63) is 11.9 Å². The molecule has 3 rings (SSSR count). The highest BCUT2D eigenvalue weighted by molar-refractivity contribution is 5.74. The van der Waals surface area contributed by atoms with Crippen molar-refractivity contribution in [2.24, 2.45) is 0 Å². The summed E-state index contributed by atoms with van der Waals surface area (Å²) >= 11 is 0. The zero-order valence-electron chi connectivity index (χ0n) is 14.9. The highest BCUT2D eigenvalue weighted by Crippen LogP contribution is 2.38. The van der Waals surface area contributed by atoms with Gasteiger partial charge in [0, 0.05) is 25.2 Å². The molecule has 0 unspecified atom stereocenters. The van der Waals surface area contributed by atoms with Gasteiger partial charge in [-0.15, -0.1) is 5.10 Å². The third-order valence-electron chi connectivity index (χ3n) is 4.88. The Kier molecular flexibility index (Phi) is 6.25. The number of hydrogen-bond donors (Lipinski definition) is 3. The molecule has 2 heterocycles. The maximum Gasteiger partial charge on any atom is 0.315 e. The molecule has 2 fully saturated rings. The topological polar surface area (TPSA) is 101 Å². The first-order valence-corrected chi connectivity index (χ1v) is 9.40. The number of aliphatic hydroxyl groups is 1. The minimum Gasteiger partial charge on any atom is -0.394 e. The zero-order chi connectivity index (χ0) is 17.6. The fourth-order valence-corrected chi connectivity index (χ4v) is 3.23. The Labute approximate surface area is 148 Å². The van der Waals surface area contributed by atoms with Crippen molar-refractivity contribution in [1.29, 1.82) is 0 Å². The maximum atomic E-state index is 11.8. The lowest BCUT2D eigenvalue weighted by atomic mass is 9.97. The van der Waals surface area contributed by atoms with Gasteiger partial charge in [-0.25, -0.2) is 4.79 Å². The number of hydrogen-bond acceptors (Lipinski definition) is 5. The zero-order valence-corrected chi connectivity index (χ0v) is 14.9. The first-order valence-electron chi connectivity index (χ1n) is 9.40. The lowest BCUT2D eigenvalue weighted by Gasteiger charge is -2.36. The molecule has 8 heteroatoms. The van der Waals surface area contributed by atoms with Crippen molar-refractivity contribution in [3.8, 4) is 0 Å². The summed E-state index contributed by atoms with van der Waals surface area (Å²) in [7, 11) is 0. The number of carbonyl (C=O) groups is 1. The second-order valence-corrected chi connectivity index (χ2v) is 7.03. The van der Waals surface area contributed by atoms with Gasteiger partial charge < -0.3 is 20.5 Å². The van der Waals surface area contributed by atoms with Crippen LogP contribution in [0.2, 0.25) is 0 Å². The summed E-state index contributed by atoms with van der Waals surface area (Å²) in [6.07, 6.45) is 7.59. The molecule has 8 nitrogen and oxygen atoms in total. The number of aliphatic hydroxyl groups excluding tert-OH is 1. The molecule has 1 saturated heterocycles. The van der Waals surface area contributed by atoms with E-state index in [2.05, 4.69) is 20.9 Å². The number of carbonyl (C=O) groups excluding carboxylic acids is 1. The van der Waals surface area contributed by atoms with Crippen molar-refractivity contribution in [3.63, 3.8) is 0 Å². The van der Waals surface area contributed by atoms with Crippen molar-refractivity contribution in [2.75, 3.05) is 13.2 Å². The van der Waals surface area contributed by atoms with Crippen molar-refractivity contribution < 1.29 is 14.6 Å². The van der Waals surface area contributed by atoms with E-state index >= 15 is 0 Å². The first kappa shape index (κ1) is 18.1. The molecule has 2 amide bonds. The standard InChI is InChI=1S/C17H29N5O3/c1-2-8-18-17(24)19-14-6-5-13(25-16(14)11-23)7-9-22-10-15(20-21-22)12-3-4-12/h10,12-14,16,23H,2-9,11H2,1H3,(H2,18,19,24)/t13-,14-,16+/m0/s1. The third-order valence-corrected chi connectivity index (χ3v) is 4.88. The van der Waals surface area contributed by atoms with Crippen LogP contribution in [0.15, 0.2) is 6.20 Å². The maximum absolute atomic E-state index is 11.8. The van der Waals surface area contributed by atoms with E-state index in [1.165, 1.54) is 12.8 Å². The number of aryl methyl sites for hydroxylation is 1. The number of aromatic nitrogens is 3. The molecule has 1 saturated carbocycles. The van der Waals surface area contributed by atoms with Crippen LogP contribution < -0.4 is 10.6 Å². The summed E-state index contributed by atoms with van der Waals surface area (Å²) in [5, 5.41) is 23.7. The highest BCUT2D eigenvalue weighted by atomic mass is 16.5. The van der Waals surface area contributed by atoms with Crippen LogP contribution in [-0.4, -0.2) is 57.5 Å². The first-order chi connectivity index (χ1) is 12.2. The van der Waals surface area contributed by atoms with Gasteiger partial charge in [-0.05, 0) is 38.5 Å². The highest BCUT2D eigenvalue weighted by Gasteiger charge is 2.32. The van der Waals surface area contributed by atoms with Gasteiger partial charge in [0.25, 0.3) is 0 Å². The van der Waals surface area contributed by atoms with Crippen LogP contribution in [0.3, 0.4) is 0 Å². The molecule has 3 N–H and O–H groups in total. The quantitative estimate of drug-likeness (QED) is 0.652. The Morgan fingerprint density at radius 2 is 2.24 bits per heavy atom. The van der Waals surface area contributed by atoms with Gasteiger partial charge >= 0.3 is 6.03 Å². The molecule has 0 radical (unpaired) electrons. The van der Waals surface area contributed by atoms with E-state index in [1.807, 2.05) is 17.8 Å². The normalized spacial score (nSPS) is 26.4. The molecule has 1 aromatic heterocycles. The molecule has 3 atom stereocenters. The summed E-state index contributed by atoms with van der Waals surface area (Å²) in [6, 6.07) is -0.339.